The molecule has 1 amide bonds. The van der Waals surface area contributed by atoms with E-state index in [-0.39, 0.29) is 34.9 Å². The van der Waals surface area contributed by atoms with Crippen LogP contribution < -0.4 is 0 Å². The van der Waals surface area contributed by atoms with E-state index in [1.807, 2.05) is 25.1 Å². The van der Waals surface area contributed by atoms with Crippen molar-refractivity contribution in [3.05, 3.63) is 85.8 Å². The highest BCUT2D eigenvalue weighted by Crippen LogP contribution is 2.63. The van der Waals surface area contributed by atoms with Crippen molar-refractivity contribution in [3.8, 4) is 0 Å². The van der Waals surface area contributed by atoms with E-state index in [2.05, 4.69) is 4.90 Å². The molecule has 12 heteroatoms. The molecule has 0 saturated carbocycles. The average molecular weight is 598 g/mol. The zero-order chi connectivity index (χ0) is 29.5. The third kappa shape index (κ3) is 5.29. The van der Waals surface area contributed by atoms with Crippen molar-refractivity contribution in [2.75, 3.05) is 13.1 Å². The Morgan fingerprint density at radius 1 is 1.20 bits per heavy atom. The zero-order valence-electron chi connectivity index (χ0n) is 22.6. The standard InChI is InChI=1S/C29H31N3O7S2/c1-3-22(33)23-26(35)31-24(27(36)37)28(41-29(23,31)15-18-9-11-20(12-10-18)32(38)39)40-21-13-14-30(16-21)17(2)25(34)19-7-5-4-6-8-19/h4-12,17,21-23,33H,3,13-16H2,1-2H3,(H,36,37)/t17?,21-,22-,23+,29+/m0/s1. The molecule has 0 aromatic heterocycles. The number of β-lactam (4-membered cyclic amide) rings is 1. The van der Waals surface area contributed by atoms with E-state index in [4.69, 9.17) is 0 Å². The van der Waals surface area contributed by atoms with E-state index in [1.165, 1.54) is 40.6 Å². The summed E-state index contributed by atoms with van der Waals surface area (Å²) < 4.78 is 0.507. The summed E-state index contributed by atoms with van der Waals surface area (Å²) in [6.45, 7) is 4.93. The summed E-state index contributed by atoms with van der Waals surface area (Å²) in [4.78, 5) is 51.9. The lowest BCUT2D eigenvalue weighted by atomic mass is 9.77. The van der Waals surface area contributed by atoms with Gasteiger partial charge in [-0.15, -0.1) is 11.8 Å². The van der Waals surface area contributed by atoms with Gasteiger partial charge in [0.1, 0.15) is 4.87 Å². The highest BCUT2D eigenvalue weighted by Gasteiger charge is 2.68. The van der Waals surface area contributed by atoms with Crippen molar-refractivity contribution in [1.82, 2.24) is 9.80 Å². The van der Waals surface area contributed by atoms with Gasteiger partial charge in [0.25, 0.3) is 5.69 Å². The number of carboxylic acid groups (broad SMARTS) is 1. The fourth-order valence-electron chi connectivity index (χ4n) is 5.88. The van der Waals surface area contributed by atoms with E-state index in [0.29, 0.717) is 34.9 Å². The lowest BCUT2D eigenvalue weighted by Gasteiger charge is -2.54. The molecule has 2 fully saturated rings. The largest absolute Gasteiger partial charge is 0.477 e. The van der Waals surface area contributed by atoms with Crippen LogP contribution >= 0.6 is 23.5 Å². The number of nitro benzene ring substituents is 1. The summed E-state index contributed by atoms with van der Waals surface area (Å²) in [5.41, 5.74) is 1.20. The molecule has 2 N–H and O–H groups in total. The number of amides is 1. The number of carbonyl (C=O) groups excluding carboxylic acids is 2. The number of carboxylic acids is 1. The maximum absolute atomic E-state index is 13.3. The Morgan fingerprint density at radius 2 is 1.88 bits per heavy atom. The molecule has 3 aliphatic heterocycles. The number of aliphatic hydroxyl groups excluding tert-OH is 1. The molecule has 0 bridgehead atoms. The molecular weight excluding hydrogens is 566 g/mol. The summed E-state index contributed by atoms with van der Waals surface area (Å²) >= 11 is 2.70. The Hall–Kier alpha value is -3.19. The minimum absolute atomic E-state index is 0.0117. The number of fused-ring (bicyclic) bond motifs is 1. The number of rotatable bonds is 11. The molecule has 2 aromatic carbocycles. The number of Topliss-reactive ketones (excluding diaryl/α,β-unsaturated/α-hetero) is 1. The first kappa shape index (κ1) is 29.3. The maximum Gasteiger partial charge on any atom is 0.354 e. The number of hydrogen-bond acceptors (Lipinski definition) is 9. The Morgan fingerprint density at radius 3 is 2.49 bits per heavy atom. The number of likely N-dealkylation sites (tertiary alicyclic amines) is 1. The van der Waals surface area contributed by atoms with Crippen molar-refractivity contribution in [1.29, 1.82) is 0 Å². The average Bonchev–Trinajstić information content (AvgIpc) is 3.53. The van der Waals surface area contributed by atoms with Crippen molar-refractivity contribution in [2.24, 2.45) is 5.92 Å². The minimum Gasteiger partial charge on any atom is -0.477 e. The van der Waals surface area contributed by atoms with E-state index < -0.39 is 33.7 Å². The first-order chi connectivity index (χ1) is 19.6. The van der Waals surface area contributed by atoms with Gasteiger partial charge >= 0.3 is 5.97 Å². The summed E-state index contributed by atoms with van der Waals surface area (Å²) in [5.74, 6) is -2.43. The van der Waals surface area contributed by atoms with Gasteiger partial charge in [-0.3, -0.25) is 29.5 Å². The van der Waals surface area contributed by atoms with Crippen molar-refractivity contribution in [2.45, 2.75) is 55.4 Å². The molecular formula is C29H31N3O7S2. The van der Waals surface area contributed by atoms with Crippen LogP contribution in [0.4, 0.5) is 5.69 Å². The lowest BCUT2D eigenvalue weighted by Crippen LogP contribution is -2.71. The number of nitrogens with zero attached hydrogens (tertiary/aromatic N) is 3. The number of nitro groups is 1. The van der Waals surface area contributed by atoms with Gasteiger partial charge in [0, 0.05) is 42.5 Å². The molecule has 1 unspecified atom stereocenters. The highest BCUT2D eigenvalue weighted by atomic mass is 32.2. The van der Waals surface area contributed by atoms with E-state index >= 15 is 0 Å². The quantitative estimate of drug-likeness (QED) is 0.168. The Labute approximate surface area is 245 Å². The van der Waals surface area contributed by atoms with Crippen molar-refractivity contribution in [3.63, 3.8) is 0 Å². The van der Waals surface area contributed by atoms with Crippen LogP contribution in [-0.2, 0) is 16.0 Å². The maximum atomic E-state index is 13.3. The summed E-state index contributed by atoms with van der Waals surface area (Å²) in [5, 5.41) is 32.2. The summed E-state index contributed by atoms with van der Waals surface area (Å²) in [6, 6.07) is 14.8. The van der Waals surface area contributed by atoms with E-state index in [9.17, 15) is 34.7 Å². The molecule has 3 aliphatic rings. The molecule has 5 atom stereocenters. The van der Waals surface area contributed by atoms with E-state index in [1.54, 1.807) is 31.2 Å². The molecule has 2 saturated heterocycles. The minimum atomic E-state index is -1.22. The first-order valence-corrected chi connectivity index (χ1v) is 15.2. The zero-order valence-corrected chi connectivity index (χ0v) is 24.3. The van der Waals surface area contributed by atoms with Crippen LogP contribution in [0.3, 0.4) is 0 Å². The Kier molecular flexibility index (Phi) is 8.29. The molecule has 10 nitrogen and oxygen atoms in total. The second kappa shape index (κ2) is 11.6. The number of aliphatic hydroxyl groups is 1. The van der Waals surface area contributed by atoms with Gasteiger partial charge in [0.2, 0.25) is 5.91 Å². The van der Waals surface area contributed by atoms with Gasteiger partial charge in [0.05, 0.1) is 27.2 Å². The second-order valence-electron chi connectivity index (χ2n) is 10.5. The lowest BCUT2D eigenvalue weighted by molar-refractivity contribution is -0.384. The molecule has 3 heterocycles. The van der Waals surface area contributed by atoms with Crippen molar-refractivity contribution >= 4 is 46.9 Å². The van der Waals surface area contributed by atoms with Gasteiger partial charge in [-0.1, -0.05) is 61.2 Å². The molecule has 5 rings (SSSR count). The van der Waals surface area contributed by atoms with Crippen LogP contribution in [0.2, 0.25) is 0 Å². The van der Waals surface area contributed by atoms with Crippen LogP contribution in [-0.4, -0.2) is 78.0 Å². The topological polar surface area (TPSA) is 141 Å². The highest BCUT2D eigenvalue weighted by molar-refractivity contribution is 8.23. The van der Waals surface area contributed by atoms with Gasteiger partial charge in [-0.2, -0.15) is 0 Å². The number of ketones is 1. The van der Waals surface area contributed by atoms with Crippen LogP contribution in [0.25, 0.3) is 0 Å². The number of benzene rings is 2. The second-order valence-corrected chi connectivity index (χ2v) is 13.4. The molecule has 216 valence electrons. The normalized spacial score (nSPS) is 25.5. The third-order valence-corrected chi connectivity index (χ3v) is 11.1. The number of hydrogen-bond donors (Lipinski definition) is 2. The predicted molar refractivity (Wildman–Crippen MR) is 156 cm³/mol. The van der Waals surface area contributed by atoms with Crippen LogP contribution in [0, 0.1) is 16.0 Å². The number of carbonyl (C=O) groups is 3. The molecule has 0 spiro atoms. The summed E-state index contributed by atoms with van der Waals surface area (Å²) in [6.07, 6.45) is 0.333. The van der Waals surface area contributed by atoms with Crippen molar-refractivity contribution < 1.29 is 29.5 Å². The smallest absolute Gasteiger partial charge is 0.354 e. The number of thioether (sulfide) groups is 2. The third-order valence-electron chi connectivity index (χ3n) is 8.08. The first-order valence-electron chi connectivity index (χ1n) is 13.5. The van der Waals surface area contributed by atoms with Gasteiger partial charge in [-0.05, 0) is 25.3 Å². The fraction of sp³-hybridized carbons (Fsp3) is 0.414. The Bertz CT molecular complexity index is 1400. The Balaban J connectivity index is 1.37. The molecule has 2 aromatic rings. The van der Waals surface area contributed by atoms with Gasteiger partial charge < -0.3 is 10.2 Å². The SMILES string of the molecule is CC[C@H](O)[C@@H]1C(=O)N2C(C(=O)O)=C(S[C@H]3CCN(C(C)C(=O)c4ccccc4)C3)S[C@]12Cc1ccc([N+](=O)[O-])cc1. The van der Waals surface area contributed by atoms with Crippen LogP contribution in [0.1, 0.15) is 42.6 Å². The molecule has 0 radical (unpaired) electrons. The molecule has 0 aliphatic carbocycles. The van der Waals surface area contributed by atoms with Gasteiger partial charge in [-0.25, -0.2) is 4.79 Å². The van der Waals surface area contributed by atoms with E-state index in [0.717, 1.165) is 6.42 Å². The number of non-ortho nitro benzene ring substituents is 1. The fourth-order valence-corrected chi connectivity index (χ4v) is 9.49. The van der Waals surface area contributed by atoms with Gasteiger partial charge in [0.15, 0.2) is 11.5 Å². The predicted octanol–water partition coefficient (Wildman–Crippen LogP) is 4.14. The van der Waals surface area contributed by atoms with Crippen LogP contribution in [0.15, 0.2) is 64.5 Å². The summed E-state index contributed by atoms with van der Waals surface area (Å²) in [7, 11) is 0. The van der Waals surface area contributed by atoms with Crippen LogP contribution in [0.5, 0.6) is 0 Å². The number of aliphatic carboxylic acids is 1. The monoisotopic (exact) mass is 597 g/mol. The molecule has 41 heavy (non-hydrogen) atoms.